The van der Waals surface area contributed by atoms with Gasteiger partial charge in [0.1, 0.15) is 0 Å². The van der Waals surface area contributed by atoms with Crippen LogP contribution in [0.5, 0.6) is 0 Å². The van der Waals surface area contributed by atoms with Gasteiger partial charge in [-0.05, 0) is 19.1 Å². The molecule has 0 unspecified atom stereocenters. The predicted molar refractivity (Wildman–Crippen MR) is 68.6 cm³/mol. The molecule has 0 saturated carbocycles. The Morgan fingerprint density at radius 1 is 1.53 bits per heavy atom. The maximum absolute atomic E-state index is 8.64. The molecule has 1 aromatic heterocycles. The van der Waals surface area contributed by atoms with Crippen LogP contribution in [0.2, 0.25) is 0 Å². The standard InChI is InChI=1S/C12H15N5/c1-2-17(5-3-4-13)12-7-11-9(6-10(12)14)8-15-16-11/h6-8H,2-3,5,14H2,1H3,(H,15,16). The summed E-state index contributed by atoms with van der Waals surface area (Å²) in [5.41, 5.74) is 8.67. The first-order valence-corrected chi connectivity index (χ1v) is 5.60. The van der Waals surface area contributed by atoms with Gasteiger partial charge < -0.3 is 10.6 Å². The third-order valence-electron chi connectivity index (χ3n) is 2.80. The lowest BCUT2D eigenvalue weighted by Crippen LogP contribution is -2.24. The first kappa shape index (κ1) is 11.3. The molecule has 0 radical (unpaired) electrons. The van der Waals surface area contributed by atoms with Crippen LogP contribution in [0.3, 0.4) is 0 Å². The van der Waals surface area contributed by atoms with Crippen molar-refractivity contribution >= 4 is 22.3 Å². The van der Waals surface area contributed by atoms with E-state index in [2.05, 4.69) is 21.2 Å². The molecule has 0 spiro atoms. The van der Waals surface area contributed by atoms with Crippen molar-refractivity contribution in [3.63, 3.8) is 0 Å². The molecular weight excluding hydrogens is 214 g/mol. The normalized spacial score (nSPS) is 10.4. The molecule has 5 heteroatoms. The zero-order valence-corrected chi connectivity index (χ0v) is 9.77. The number of hydrogen-bond donors (Lipinski definition) is 2. The summed E-state index contributed by atoms with van der Waals surface area (Å²) >= 11 is 0. The molecule has 0 aliphatic heterocycles. The van der Waals surface area contributed by atoms with Gasteiger partial charge in [0.05, 0.1) is 35.6 Å². The van der Waals surface area contributed by atoms with Gasteiger partial charge in [0, 0.05) is 18.5 Å². The Hall–Kier alpha value is -2.22. The van der Waals surface area contributed by atoms with Gasteiger partial charge >= 0.3 is 0 Å². The van der Waals surface area contributed by atoms with Crippen LogP contribution in [-0.2, 0) is 0 Å². The van der Waals surface area contributed by atoms with Crippen LogP contribution in [0.25, 0.3) is 10.9 Å². The average Bonchev–Trinajstić information content (AvgIpc) is 2.77. The fraction of sp³-hybridized carbons (Fsp3) is 0.333. The van der Waals surface area contributed by atoms with Gasteiger partial charge in [0.15, 0.2) is 0 Å². The van der Waals surface area contributed by atoms with Crippen molar-refractivity contribution in [3.05, 3.63) is 18.3 Å². The number of benzene rings is 1. The van der Waals surface area contributed by atoms with Gasteiger partial charge in [-0.3, -0.25) is 5.10 Å². The molecule has 3 N–H and O–H groups in total. The quantitative estimate of drug-likeness (QED) is 0.784. The second kappa shape index (κ2) is 4.74. The first-order chi connectivity index (χ1) is 8.26. The summed E-state index contributed by atoms with van der Waals surface area (Å²) < 4.78 is 0. The number of rotatable bonds is 4. The molecule has 0 aliphatic rings. The minimum atomic E-state index is 0.494. The Morgan fingerprint density at radius 3 is 3.06 bits per heavy atom. The van der Waals surface area contributed by atoms with E-state index in [0.29, 0.717) is 13.0 Å². The molecule has 0 saturated heterocycles. The fourth-order valence-electron chi connectivity index (χ4n) is 1.91. The zero-order chi connectivity index (χ0) is 12.3. The summed E-state index contributed by atoms with van der Waals surface area (Å²) in [5.74, 6) is 0. The van der Waals surface area contributed by atoms with Gasteiger partial charge in [-0.25, -0.2) is 0 Å². The second-order valence-corrected chi connectivity index (χ2v) is 3.86. The van der Waals surface area contributed by atoms with E-state index in [1.54, 1.807) is 6.20 Å². The molecule has 0 aliphatic carbocycles. The highest BCUT2D eigenvalue weighted by molar-refractivity contribution is 5.88. The predicted octanol–water partition coefficient (Wildman–Crippen LogP) is 1.89. The number of nitrogen functional groups attached to an aromatic ring is 1. The number of anilines is 2. The van der Waals surface area contributed by atoms with E-state index in [1.165, 1.54) is 0 Å². The molecule has 0 atom stereocenters. The van der Waals surface area contributed by atoms with Crippen LogP contribution in [0.1, 0.15) is 13.3 Å². The number of nitrogens with two attached hydrogens (primary N) is 1. The first-order valence-electron chi connectivity index (χ1n) is 5.60. The van der Waals surface area contributed by atoms with E-state index >= 15 is 0 Å². The van der Waals surface area contributed by atoms with Crippen molar-refractivity contribution in [3.8, 4) is 6.07 Å². The molecule has 0 fully saturated rings. The highest BCUT2D eigenvalue weighted by Crippen LogP contribution is 2.28. The largest absolute Gasteiger partial charge is 0.397 e. The van der Waals surface area contributed by atoms with Crippen LogP contribution >= 0.6 is 0 Å². The van der Waals surface area contributed by atoms with Crippen molar-refractivity contribution in [2.45, 2.75) is 13.3 Å². The van der Waals surface area contributed by atoms with Gasteiger partial charge in [-0.15, -0.1) is 0 Å². The maximum Gasteiger partial charge on any atom is 0.0672 e. The highest BCUT2D eigenvalue weighted by atomic mass is 15.1. The van der Waals surface area contributed by atoms with Gasteiger partial charge in [-0.2, -0.15) is 10.4 Å². The van der Waals surface area contributed by atoms with Crippen molar-refractivity contribution in [2.75, 3.05) is 23.7 Å². The lowest BCUT2D eigenvalue weighted by Gasteiger charge is -2.23. The Bertz CT molecular complexity index is 552. The second-order valence-electron chi connectivity index (χ2n) is 3.86. The number of hydrogen-bond acceptors (Lipinski definition) is 4. The van der Waals surface area contributed by atoms with Crippen molar-refractivity contribution in [1.82, 2.24) is 10.2 Å². The number of aromatic amines is 1. The number of H-pyrrole nitrogens is 1. The fourth-order valence-corrected chi connectivity index (χ4v) is 1.91. The van der Waals surface area contributed by atoms with E-state index in [9.17, 15) is 0 Å². The molecule has 1 heterocycles. The van der Waals surface area contributed by atoms with Crippen LogP contribution in [0.4, 0.5) is 11.4 Å². The molecule has 2 rings (SSSR count). The molecule has 5 nitrogen and oxygen atoms in total. The topological polar surface area (TPSA) is 81.7 Å². The molecule has 88 valence electrons. The summed E-state index contributed by atoms with van der Waals surface area (Å²) in [4.78, 5) is 2.10. The third kappa shape index (κ3) is 2.16. The lowest BCUT2D eigenvalue weighted by molar-refractivity contribution is 0.829. The van der Waals surface area contributed by atoms with Crippen LogP contribution in [0.15, 0.2) is 18.3 Å². The Labute approximate surface area is 99.8 Å². The van der Waals surface area contributed by atoms with E-state index in [-0.39, 0.29) is 0 Å². The Balaban J connectivity index is 2.38. The maximum atomic E-state index is 8.64. The Kier molecular flexibility index (Phi) is 3.15. The van der Waals surface area contributed by atoms with Gasteiger partial charge in [0.2, 0.25) is 0 Å². The van der Waals surface area contributed by atoms with Gasteiger partial charge in [0.25, 0.3) is 0 Å². The number of fused-ring (bicyclic) bond motifs is 1. The van der Waals surface area contributed by atoms with E-state index in [1.807, 2.05) is 19.1 Å². The monoisotopic (exact) mass is 229 g/mol. The molecule has 0 amide bonds. The number of nitrogens with zero attached hydrogens (tertiary/aromatic N) is 3. The number of aromatic nitrogens is 2. The van der Waals surface area contributed by atoms with Crippen molar-refractivity contribution in [1.29, 1.82) is 5.26 Å². The SMILES string of the molecule is CCN(CCC#N)c1cc2[nH]ncc2cc1N. The molecular formula is C12H15N5. The third-order valence-corrected chi connectivity index (χ3v) is 2.80. The summed E-state index contributed by atoms with van der Waals surface area (Å²) in [6, 6.07) is 6.04. The molecule has 1 aromatic carbocycles. The summed E-state index contributed by atoms with van der Waals surface area (Å²) in [6.07, 6.45) is 2.25. The highest BCUT2D eigenvalue weighted by Gasteiger charge is 2.10. The lowest BCUT2D eigenvalue weighted by atomic mass is 10.2. The van der Waals surface area contributed by atoms with Crippen LogP contribution in [-0.4, -0.2) is 23.3 Å². The Morgan fingerprint density at radius 2 is 2.35 bits per heavy atom. The summed E-state index contributed by atoms with van der Waals surface area (Å²) in [7, 11) is 0. The van der Waals surface area contributed by atoms with E-state index in [0.717, 1.165) is 28.8 Å². The van der Waals surface area contributed by atoms with E-state index < -0.39 is 0 Å². The van der Waals surface area contributed by atoms with Crippen molar-refractivity contribution < 1.29 is 0 Å². The molecule has 2 aromatic rings. The summed E-state index contributed by atoms with van der Waals surface area (Å²) in [6.45, 7) is 3.57. The van der Waals surface area contributed by atoms with Crippen LogP contribution < -0.4 is 10.6 Å². The summed E-state index contributed by atoms with van der Waals surface area (Å²) in [5, 5.41) is 16.5. The minimum Gasteiger partial charge on any atom is -0.397 e. The molecule has 0 bridgehead atoms. The van der Waals surface area contributed by atoms with Crippen molar-refractivity contribution in [2.24, 2.45) is 0 Å². The molecule has 17 heavy (non-hydrogen) atoms. The number of nitrogens with one attached hydrogen (secondary N) is 1. The smallest absolute Gasteiger partial charge is 0.0672 e. The van der Waals surface area contributed by atoms with Crippen LogP contribution in [0, 0.1) is 11.3 Å². The minimum absolute atomic E-state index is 0.494. The van der Waals surface area contributed by atoms with E-state index in [4.69, 9.17) is 11.0 Å². The average molecular weight is 229 g/mol. The van der Waals surface area contributed by atoms with Gasteiger partial charge in [-0.1, -0.05) is 0 Å². The zero-order valence-electron chi connectivity index (χ0n) is 9.77. The number of nitriles is 1.